The van der Waals surface area contributed by atoms with Gasteiger partial charge in [-0.15, -0.1) is 11.3 Å². The van der Waals surface area contributed by atoms with Crippen LogP contribution in [0, 0.1) is 5.92 Å². The molecule has 104 valence electrons. The van der Waals surface area contributed by atoms with Gasteiger partial charge in [-0.25, -0.2) is 4.98 Å². The minimum Gasteiger partial charge on any atom is -0.481 e. The van der Waals surface area contributed by atoms with E-state index >= 15 is 0 Å². The number of amides is 1. The summed E-state index contributed by atoms with van der Waals surface area (Å²) in [6.45, 7) is 2.30. The fraction of sp³-hybridized carbons (Fsp3) is 0.583. The van der Waals surface area contributed by atoms with Crippen LogP contribution in [0.4, 0.5) is 5.13 Å². The van der Waals surface area contributed by atoms with Crippen molar-refractivity contribution in [3.63, 3.8) is 0 Å². The first-order valence-electron chi connectivity index (χ1n) is 6.22. The van der Waals surface area contributed by atoms with E-state index in [-0.39, 0.29) is 12.5 Å². The number of rotatable bonds is 7. The van der Waals surface area contributed by atoms with Crippen molar-refractivity contribution in [1.82, 2.24) is 9.88 Å². The molecule has 1 unspecified atom stereocenters. The fourth-order valence-corrected chi connectivity index (χ4v) is 2.39. The van der Waals surface area contributed by atoms with Crippen LogP contribution in [0.1, 0.15) is 19.8 Å². The molecule has 7 heteroatoms. The Hall–Kier alpha value is -1.47. The van der Waals surface area contributed by atoms with Gasteiger partial charge < -0.3 is 10.4 Å². The second kappa shape index (κ2) is 6.12. The second-order valence-electron chi connectivity index (χ2n) is 4.79. The normalized spacial score (nSPS) is 16.3. The van der Waals surface area contributed by atoms with Gasteiger partial charge in [0.05, 0.1) is 12.5 Å². The largest absolute Gasteiger partial charge is 0.481 e. The van der Waals surface area contributed by atoms with Crippen LogP contribution < -0.4 is 5.32 Å². The maximum absolute atomic E-state index is 11.9. The van der Waals surface area contributed by atoms with Gasteiger partial charge in [-0.3, -0.25) is 14.5 Å². The number of carbonyl (C=O) groups is 2. The van der Waals surface area contributed by atoms with E-state index in [1.807, 2.05) is 4.90 Å². The van der Waals surface area contributed by atoms with Gasteiger partial charge in [0.25, 0.3) is 0 Å². The standard InChI is InChI=1S/C12H17N3O3S/c1-8(11(17)18)6-15(9-2-3-9)7-10(16)14-12-13-4-5-19-12/h4-5,8-9H,2-3,6-7H2,1H3,(H,17,18)(H,13,14,16). The monoisotopic (exact) mass is 283 g/mol. The SMILES string of the molecule is CC(CN(CC(=O)Nc1nccs1)C1CC1)C(=O)O. The van der Waals surface area contributed by atoms with E-state index in [1.54, 1.807) is 18.5 Å². The molecule has 2 N–H and O–H groups in total. The average Bonchev–Trinajstić information content (AvgIpc) is 3.08. The minimum absolute atomic E-state index is 0.139. The summed E-state index contributed by atoms with van der Waals surface area (Å²) in [5, 5.41) is 14.0. The summed E-state index contributed by atoms with van der Waals surface area (Å²) in [4.78, 5) is 28.7. The maximum Gasteiger partial charge on any atom is 0.307 e. The highest BCUT2D eigenvalue weighted by atomic mass is 32.1. The summed E-state index contributed by atoms with van der Waals surface area (Å²) in [5.41, 5.74) is 0. The molecule has 1 saturated carbocycles. The van der Waals surface area contributed by atoms with Crippen LogP contribution in [0.15, 0.2) is 11.6 Å². The van der Waals surface area contributed by atoms with E-state index in [1.165, 1.54) is 11.3 Å². The molecule has 0 radical (unpaired) electrons. The molecule has 1 heterocycles. The van der Waals surface area contributed by atoms with Gasteiger partial charge in [-0.1, -0.05) is 6.92 Å². The summed E-state index contributed by atoms with van der Waals surface area (Å²) >= 11 is 1.37. The number of nitrogens with zero attached hydrogens (tertiary/aromatic N) is 2. The van der Waals surface area contributed by atoms with E-state index < -0.39 is 11.9 Å². The Kier molecular flexibility index (Phi) is 4.49. The van der Waals surface area contributed by atoms with Crippen LogP contribution >= 0.6 is 11.3 Å². The van der Waals surface area contributed by atoms with Crippen molar-refractivity contribution in [3.8, 4) is 0 Å². The van der Waals surface area contributed by atoms with Crippen molar-refractivity contribution in [2.45, 2.75) is 25.8 Å². The molecule has 1 aliphatic carbocycles. The number of hydrogen-bond donors (Lipinski definition) is 2. The zero-order chi connectivity index (χ0) is 13.8. The quantitative estimate of drug-likeness (QED) is 0.787. The summed E-state index contributed by atoms with van der Waals surface area (Å²) in [5.74, 6) is -1.43. The Morgan fingerprint density at radius 1 is 1.63 bits per heavy atom. The van der Waals surface area contributed by atoms with Crippen LogP contribution in [-0.4, -0.2) is 46.0 Å². The van der Waals surface area contributed by atoms with Crippen LogP contribution in [0.2, 0.25) is 0 Å². The van der Waals surface area contributed by atoms with Crippen LogP contribution in [0.3, 0.4) is 0 Å². The van der Waals surface area contributed by atoms with Crippen molar-refractivity contribution in [2.24, 2.45) is 5.92 Å². The van der Waals surface area contributed by atoms with Gasteiger partial charge in [0.1, 0.15) is 0 Å². The van der Waals surface area contributed by atoms with Gasteiger partial charge in [-0.05, 0) is 12.8 Å². The summed E-state index contributed by atoms with van der Waals surface area (Å²) in [6.07, 6.45) is 3.71. The van der Waals surface area contributed by atoms with Crippen molar-refractivity contribution < 1.29 is 14.7 Å². The Morgan fingerprint density at radius 2 is 2.37 bits per heavy atom. The van der Waals surface area contributed by atoms with Crippen LogP contribution in [-0.2, 0) is 9.59 Å². The number of aliphatic carboxylic acids is 1. The molecule has 0 aromatic carbocycles. The Balaban J connectivity index is 1.86. The van der Waals surface area contributed by atoms with Crippen molar-refractivity contribution in [3.05, 3.63) is 11.6 Å². The molecule has 1 aromatic rings. The van der Waals surface area contributed by atoms with Gasteiger partial charge >= 0.3 is 5.97 Å². The molecule has 0 bridgehead atoms. The highest BCUT2D eigenvalue weighted by Crippen LogP contribution is 2.27. The average molecular weight is 283 g/mol. The lowest BCUT2D eigenvalue weighted by Crippen LogP contribution is -2.39. The van der Waals surface area contributed by atoms with Crippen LogP contribution in [0.5, 0.6) is 0 Å². The molecule has 0 spiro atoms. The molecule has 1 fully saturated rings. The van der Waals surface area contributed by atoms with E-state index in [0.717, 1.165) is 12.8 Å². The second-order valence-corrected chi connectivity index (χ2v) is 5.68. The molecule has 0 aliphatic heterocycles. The van der Waals surface area contributed by atoms with Crippen LogP contribution in [0.25, 0.3) is 0 Å². The molecule has 2 rings (SSSR count). The maximum atomic E-state index is 11.9. The minimum atomic E-state index is -0.828. The first-order valence-corrected chi connectivity index (χ1v) is 7.10. The van der Waals surface area contributed by atoms with Gasteiger partial charge in [0.15, 0.2) is 5.13 Å². The summed E-state index contributed by atoms with van der Waals surface area (Å²) in [7, 11) is 0. The number of carbonyl (C=O) groups excluding carboxylic acids is 1. The molecule has 1 aliphatic rings. The number of aromatic nitrogens is 1. The third-order valence-corrected chi connectivity index (χ3v) is 3.71. The van der Waals surface area contributed by atoms with E-state index in [0.29, 0.717) is 17.7 Å². The smallest absolute Gasteiger partial charge is 0.307 e. The fourth-order valence-electron chi connectivity index (χ4n) is 1.84. The molecule has 6 nitrogen and oxygen atoms in total. The molecular formula is C12H17N3O3S. The number of thiazole rings is 1. The van der Waals surface area contributed by atoms with E-state index in [4.69, 9.17) is 5.11 Å². The first-order chi connectivity index (χ1) is 9.06. The zero-order valence-electron chi connectivity index (χ0n) is 10.7. The molecule has 1 atom stereocenters. The lowest BCUT2D eigenvalue weighted by molar-refractivity contribution is -0.142. The predicted molar refractivity (Wildman–Crippen MR) is 72.1 cm³/mol. The van der Waals surface area contributed by atoms with Gasteiger partial charge in [0.2, 0.25) is 5.91 Å². The van der Waals surface area contributed by atoms with E-state index in [9.17, 15) is 9.59 Å². The molecule has 1 amide bonds. The van der Waals surface area contributed by atoms with Gasteiger partial charge in [-0.2, -0.15) is 0 Å². The van der Waals surface area contributed by atoms with Crippen molar-refractivity contribution in [2.75, 3.05) is 18.4 Å². The lowest BCUT2D eigenvalue weighted by atomic mass is 10.1. The van der Waals surface area contributed by atoms with Crippen molar-refractivity contribution >= 4 is 28.3 Å². The zero-order valence-corrected chi connectivity index (χ0v) is 11.5. The Morgan fingerprint density at radius 3 is 2.89 bits per heavy atom. The topological polar surface area (TPSA) is 82.5 Å². The summed E-state index contributed by atoms with van der Waals surface area (Å²) in [6, 6.07) is 0.351. The number of nitrogens with one attached hydrogen (secondary N) is 1. The number of hydrogen-bond acceptors (Lipinski definition) is 5. The molecule has 0 saturated heterocycles. The van der Waals surface area contributed by atoms with Crippen molar-refractivity contribution in [1.29, 1.82) is 0 Å². The number of carboxylic acid groups (broad SMARTS) is 1. The lowest BCUT2D eigenvalue weighted by Gasteiger charge is -2.22. The first kappa shape index (κ1) is 14.0. The Bertz CT molecular complexity index is 445. The third-order valence-electron chi connectivity index (χ3n) is 3.02. The highest BCUT2D eigenvalue weighted by Gasteiger charge is 2.32. The van der Waals surface area contributed by atoms with E-state index in [2.05, 4.69) is 10.3 Å². The van der Waals surface area contributed by atoms with Gasteiger partial charge in [0, 0.05) is 24.2 Å². The molecule has 19 heavy (non-hydrogen) atoms. The molecule has 1 aromatic heterocycles. The highest BCUT2D eigenvalue weighted by molar-refractivity contribution is 7.13. The summed E-state index contributed by atoms with van der Waals surface area (Å²) < 4.78 is 0. The number of carboxylic acids is 1. The Labute approximate surface area is 115 Å². The number of anilines is 1. The predicted octanol–water partition coefficient (Wildman–Crippen LogP) is 1.27. The third kappa shape index (κ3) is 4.29. The molecular weight excluding hydrogens is 266 g/mol.